The van der Waals surface area contributed by atoms with Crippen molar-refractivity contribution >= 4 is 19.4 Å². The fourth-order valence-electron chi connectivity index (χ4n) is 0.0514. The molecule has 0 spiro atoms. The Morgan fingerprint density at radius 1 is 1.80 bits per heavy atom. The summed E-state index contributed by atoms with van der Waals surface area (Å²) in [5.41, 5.74) is 1.40. The van der Waals surface area contributed by atoms with Crippen molar-refractivity contribution < 1.29 is 0 Å². The maximum Gasteiger partial charge on any atom is 0.0708 e. The second kappa shape index (κ2) is 4.09. The van der Waals surface area contributed by atoms with Crippen molar-refractivity contribution in [2.45, 2.75) is 6.32 Å². The van der Waals surface area contributed by atoms with Crippen LogP contribution in [0.4, 0.5) is 0 Å². The van der Waals surface area contributed by atoms with E-state index in [4.69, 9.17) is 19.4 Å². The Balaban J connectivity index is 2.62. The summed E-state index contributed by atoms with van der Waals surface area (Å²) >= 11 is 5.04. The van der Waals surface area contributed by atoms with Crippen molar-refractivity contribution in [2.75, 3.05) is 0 Å². The highest BCUT2D eigenvalue weighted by molar-refractivity contribution is 6.25. The summed E-state index contributed by atoms with van der Waals surface area (Å²) in [6.45, 7) is 0. The summed E-state index contributed by atoms with van der Waals surface area (Å²) < 4.78 is 0. The zero-order valence-corrected chi connectivity index (χ0v) is 3.57. The molecule has 0 aromatic carbocycles. The second-order valence-corrected chi connectivity index (χ2v) is 0.849. The fraction of sp³-hybridized carbons (Fsp3) is 0.333. The van der Waals surface area contributed by atoms with E-state index >= 15 is 0 Å². The van der Waals surface area contributed by atoms with Crippen LogP contribution in [0.3, 0.4) is 0 Å². The summed E-state index contributed by atoms with van der Waals surface area (Å²) in [5, 5.41) is 0. The summed E-state index contributed by atoms with van der Waals surface area (Å²) in [6.07, 6.45) is 2.20. The summed E-state index contributed by atoms with van der Waals surface area (Å²) in [7, 11) is 4.97. The van der Waals surface area contributed by atoms with Crippen LogP contribution in [0, 0.1) is 0 Å². The van der Waals surface area contributed by atoms with Gasteiger partial charge in [0, 0.05) is 0 Å². The molecule has 0 aromatic rings. The van der Waals surface area contributed by atoms with Gasteiger partial charge in [0.2, 0.25) is 0 Å². The maximum absolute atomic E-state index is 5.04. The van der Waals surface area contributed by atoms with Crippen LogP contribution in [-0.2, 0) is 0 Å². The molecule has 0 atom stereocenters. The van der Waals surface area contributed by atoms with Gasteiger partial charge in [0.25, 0.3) is 0 Å². The van der Waals surface area contributed by atoms with Crippen LogP contribution in [0.15, 0.2) is 11.6 Å². The minimum atomic E-state index is 0.531. The predicted molar refractivity (Wildman–Crippen MR) is 25.6 cm³/mol. The van der Waals surface area contributed by atoms with Crippen molar-refractivity contribution in [1.82, 2.24) is 0 Å². The highest BCUT2D eigenvalue weighted by atomic mass is 35.5. The van der Waals surface area contributed by atoms with E-state index in [1.54, 1.807) is 6.08 Å². The van der Waals surface area contributed by atoms with Crippen molar-refractivity contribution in [3.05, 3.63) is 11.6 Å². The Bertz CT molecular complexity index is 33.9. The van der Waals surface area contributed by atoms with E-state index in [1.807, 2.05) is 0 Å². The molecule has 0 nitrogen and oxygen atoms in total. The first kappa shape index (κ1) is 5.09. The van der Waals surface area contributed by atoms with Crippen molar-refractivity contribution in [1.29, 1.82) is 0 Å². The average molecular weight is 86.3 g/mol. The molecule has 0 amide bonds. The van der Waals surface area contributed by atoms with Gasteiger partial charge >= 0.3 is 0 Å². The van der Waals surface area contributed by atoms with E-state index in [1.165, 1.54) is 5.54 Å². The van der Waals surface area contributed by atoms with E-state index in [-0.39, 0.29) is 0 Å². The van der Waals surface area contributed by atoms with E-state index in [2.05, 4.69) is 0 Å². The van der Waals surface area contributed by atoms with Gasteiger partial charge in [-0.2, -0.15) is 0 Å². The zero-order valence-electron chi connectivity index (χ0n) is 2.82. The van der Waals surface area contributed by atoms with Crippen LogP contribution in [-0.4, -0.2) is 7.85 Å². The second-order valence-electron chi connectivity index (χ2n) is 0.597. The van der Waals surface area contributed by atoms with Gasteiger partial charge in [-0.1, -0.05) is 24.0 Å². The standard InChI is InChI=1S/C3H4BCl/c4-2-1-3-5/h1,3H,2H2. The molecule has 5 heavy (non-hydrogen) atoms. The lowest BCUT2D eigenvalue weighted by Crippen LogP contribution is -1.49. The third kappa shape index (κ3) is 4.09. The molecule has 0 aliphatic heterocycles. The number of rotatable bonds is 1. The molecule has 0 saturated carbocycles. The first-order valence-corrected chi connectivity index (χ1v) is 1.80. The third-order valence-electron chi connectivity index (χ3n) is 0.225. The van der Waals surface area contributed by atoms with Gasteiger partial charge in [0.1, 0.15) is 0 Å². The molecule has 0 fully saturated rings. The predicted octanol–water partition coefficient (Wildman–Crippen LogP) is 1.33. The molecular weight excluding hydrogens is 82.3 g/mol. The quantitative estimate of drug-likeness (QED) is 0.422. The van der Waals surface area contributed by atoms with Gasteiger partial charge in [-0.15, -0.1) is 0 Å². The normalized spacial score (nSPS) is 9.80. The van der Waals surface area contributed by atoms with Crippen LogP contribution in [0.5, 0.6) is 0 Å². The lowest BCUT2D eigenvalue weighted by molar-refractivity contribution is 1.75. The topological polar surface area (TPSA) is 0 Å². The monoisotopic (exact) mass is 86.0 g/mol. The third-order valence-corrected chi connectivity index (χ3v) is 0.403. The minimum Gasteiger partial charge on any atom is -0.0933 e. The Hall–Kier alpha value is 0.0949. The fourth-order valence-corrected chi connectivity index (χ4v) is 0.154. The molecular formula is C3H4BCl. The van der Waals surface area contributed by atoms with Gasteiger partial charge in [0.05, 0.1) is 7.85 Å². The molecule has 0 saturated heterocycles. The lowest BCUT2D eigenvalue weighted by atomic mass is 10.1. The number of halogens is 1. The van der Waals surface area contributed by atoms with Crippen LogP contribution < -0.4 is 0 Å². The maximum atomic E-state index is 5.04. The van der Waals surface area contributed by atoms with Crippen LogP contribution >= 0.6 is 11.6 Å². The van der Waals surface area contributed by atoms with Gasteiger partial charge in [0.15, 0.2) is 0 Å². The van der Waals surface area contributed by atoms with Gasteiger partial charge in [-0.25, -0.2) is 0 Å². The molecule has 0 bridgehead atoms. The van der Waals surface area contributed by atoms with Crippen molar-refractivity contribution in [2.24, 2.45) is 0 Å². The highest BCUT2D eigenvalue weighted by Crippen LogP contribution is 1.78. The van der Waals surface area contributed by atoms with Gasteiger partial charge in [-0.3, -0.25) is 0 Å². The molecule has 2 heteroatoms. The molecule has 0 heterocycles. The van der Waals surface area contributed by atoms with Crippen LogP contribution in [0.25, 0.3) is 0 Å². The average Bonchev–Trinajstić information content (AvgIpc) is 1.41. The van der Waals surface area contributed by atoms with E-state index < -0.39 is 0 Å². The Morgan fingerprint density at radius 3 is 2.40 bits per heavy atom. The number of allylic oxidation sites excluding steroid dienone is 1. The Morgan fingerprint density at radius 2 is 2.40 bits per heavy atom. The SMILES string of the molecule is [B]CC=CCl. The number of hydrogen-bond acceptors (Lipinski definition) is 0. The van der Waals surface area contributed by atoms with Gasteiger partial charge < -0.3 is 0 Å². The largest absolute Gasteiger partial charge is 0.0933 e. The summed E-state index contributed by atoms with van der Waals surface area (Å²) in [5.74, 6) is 0. The molecule has 0 aliphatic rings. The minimum absolute atomic E-state index is 0.531. The molecule has 0 rings (SSSR count). The van der Waals surface area contributed by atoms with Crippen molar-refractivity contribution in [3.63, 3.8) is 0 Å². The highest BCUT2D eigenvalue weighted by Gasteiger charge is 1.54. The smallest absolute Gasteiger partial charge is 0.0708 e. The Labute approximate surface area is 38.2 Å². The van der Waals surface area contributed by atoms with Crippen molar-refractivity contribution in [3.8, 4) is 0 Å². The molecule has 26 valence electrons. The van der Waals surface area contributed by atoms with Gasteiger partial charge in [-0.05, 0) is 5.54 Å². The molecule has 0 N–H and O–H groups in total. The van der Waals surface area contributed by atoms with E-state index in [0.29, 0.717) is 6.32 Å². The zero-order chi connectivity index (χ0) is 4.12. The molecule has 2 radical (unpaired) electrons. The number of hydrogen-bond donors (Lipinski definition) is 0. The summed E-state index contributed by atoms with van der Waals surface area (Å²) in [6, 6.07) is 0. The molecule has 0 aliphatic carbocycles. The van der Waals surface area contributed by atoms with E-state index in [0.717, 1.165) is 0 Å². The van der Waals surface area contributed by atoms with Crippen LogP contribution in [0.2, 0.25) is 6.32 Å². The van der Waals surface area contributed by atoms with E-state index in [9.17, 15) is 0 Å². The Kier molecular flexibility index (Phi) is 4.17. The lowest BCUT2D eigenvalue weighted by Gasteiger charge is -1.63. The molecule has 0 aromatic heterocycles. The molecule has 0 unspecified atom stereocenters. The first-order valence-electron chi connectivity index (χ1n) is 1.37. The van der Waals surface area contributed by atoms with Crippen LogP contribution in [0.1, 0.15) is 0 Å². The first-order chi connectivity index (χ1) is 2.41. The summed E-state index contributed by atoms with van der Waals surface area (Å²) in [4.78, 5) is 0.